The normalized spacial score (nSPS) is 35.6. The smallest absolute Gasteiger partial charge is 0.306 e. The van der Waals surface area contributed by atoms with Gasteiger partial charge in [-0.15, -0.1) is 6.58 Å². The molecule has 57 heavy (non-hydrogen) atoms. The van der Waals surface area contributed by atoms with E-state index in [0.29, 0.717) is 22.8 Å². The summed E-state index contributed by atoms with van der Waals surface area (Å²) in [6.45, 7) is 25.5. The van der Waals surface area contributed by atoms with Gasteiger partial charge in [0.25, 0.3) is 5.91 Å². The third-order valence-electron chi connectivity index (χ3n) is 16.1. The number of fused-ring (bicyclic) bond motifs is 7. The van der Waals surface area contributed by atoms with Gasteiger partial charge in [-0.1, -0.05) is 79.5 Å². The molecule has 3 N–H and O–H groups in total. The minimum absolute atomic E-state index is 0.00353. The van der Waals surface area contributed by atoms with E-state index in [1.807, 2.05) is 59.0 Å². The van der Waals surface area contributed by atoms with Gasteiger partial charge in [0.2, 0.25) is 0 Å². The van der Waals surface area contributed by atoms with Crippen LogP contribution in [0.5, 0.6) is 0 Å². The maximum absolute atomic E-state index is 12.1. The fourth-order valence-electron chi connectivity index (χ4n) is 13.5. The Bertz CT molecular complexity index is 1420. The predicted octanol–water partition coefficient (Wildman–Crippen LogP) is 12.4. The van der Waals surface area contributed by atoms with Crippen LogP contribution in [-0.2, 0) is 16.0 Å². The van der Waals surface area contributed by atoms with Crippen LogP contribution in [0.15, 0.2) is 36.9 Å². The van der Waals surface area contributed by atoms with Gasteiger partial charge in [0.1, 0.15) is 6.29 Å². The van der Waals surface area contributed by atoms with Gasteiger partial charge < -0.3 is 20.5 Å². The zero-order valence-electron chi connectivity index (χ0n) is 38.3. The molecule has 324 valence electrons. The van der Waals surface area contributed by atoms with Gasteiger partial charge in [0, 0.05) is 17.5 Å². The van der Waals surface area contributed by atoms with Crippen molar-refractivity contribution in [3.05, 3.63) is 48.0 Å². The number of carboxylic acid groups (broad SMARTS) is 1. The van der Waals surface area contributed by atoms with E-state index in [-0.39, 0.29) is 17.2 Å². The molecular formula is C51H86N2O4. The number of aldehydes is 1. The van der Waals surface area contributed by atoms with E-state index in [4.69, 9.17) is 5.11 Å². The average Bonchev–Trinajstić information content (AvgIpc) is 3.64. The molecule has 8 unspecified atom stereocenters. The number of carbonyl (C=O) groups is 3. The number of aliphatic carboxylic acids is 1. The van der Waals surface area contributed by atoms with Gasteiger partial charge >= 0.3 is 5.97 Å². The number of nitrogens with one attached hydrogen (secondary N) is 2. The first-order valence-corrected chi connectivity index (χ1v) is 23.4. The molecule has 6 nitrogen and oxygen atoms in total. The van der Waals surface area contributed by atoms with Crippen molar-refractivity contribution >= 4 is 18.2 Å². The average molecular weight is 791 g/mol. The molecule has 1 aromatic carbocycles. The van der Waals surface area contributed by atoms with Gasteiger partial charge in [-0.2, -0.15) is 0 Å². The van der Waals surface area contributed by atoms with Crippen molar-refractivity contribution in [3.8, 4) is 0 Å². The van der Waals surface area contributed by atoms with Gasteiger partial charge in [-0.25, -0.2) is 0 Å². The minimum Gasteiger partial charge on any atom is -0.481 e. The van der Waals surface area contributed by atoms with E-state index in [1.54, 1.807) is 6.08 Å². The Hall–Kier alpha value is -2.47. The quantitative estimate of drug-likeness (QED) is 0.189. The number of allylic oxidation sites excluding steroid dienone is 1. The maximum atomic E-state index is 12.1. The molecule has 7 rings (SSSR count). The van der Waals surface area contributed by atoms with Crippen LogP contribution >= 0.6 is 0 Å². The Labute approximate surface area is 350 Å². The topological polar surface area (TPSA) is 95.5 Å². The first-order chi connectivity index (χ1) is 27.2. The van der Waals surface area contributed by atoms with Crippen molar-refractivity contribution in [2.75, 3.05) is 20.1 Å². The molecule has 6 fully saturated rings. The molecule has 8 atom stereocenters. The number of rotatable bonds is 7. The second kappa shape index (κ2) is 22.2. The molecule has 0 bridgehead atoms. The molecule has 1 amide bonds. The van der Waals surface area contributed by atoms with Gasteiger partial charge in [-0.3, -0.25) is 9.59 Å². The molecule has 1 aromatic rings. The van der Waals surface area contributed by atoms with Gasteiger partial charge in [-0.05, 0) is 193 Å². The fourth-order valence-corrected chi connectivity index (χ4v) is 13.5. The summed E-state index contributed by atoms with van der Waals surface area (Å²) in [6.07, 6.45) is 24.6. The van der Waals surface area contributed by atoms with Crippen molar-refractivity contribution in [1.82, 2.24) is 10.6 Å². The van der Waals surface area contributed by atoms with Crippen LogP contribution in [0.4, 0.5) is 0 Å². The van der Waals surface area contributed by atoms with Crippen molar-refractivity contribution < 1.29 is 19.5 Å². The Morgan fingerprint density at radius 2 is 1.53 bits per heavy atom. The minimum atomic E-state index is -0.605. The Morgan fingerprint density at radius 1 is 0.842 bits per heavy atom. The van der Waals surface area contributed by atoms with Crippen LogP contribution in [-0.4, -0.2) is 43.4 Å². The summed E-state index contributed by atoms with van der Waals surface area (Å²) in [6, 6.07) is 7.76. The first-order valence-electron chi connectivity index (χ1n) is 23.4. The number of carbonyl (C=O) groups excluding carboxylic acids is 2. The summed E-state index contributed by atoms with van der Waals surface area (Å²) in [7, 11) is 1.92. The highest BCUT2D eigenvalue weighted by Gasteiger charge is 2.65. The molecule has 6 aliphatic carbocycles. The molecule has 0 radical (unpaired) electrons. The first kappa shape index (κ1) is 48.9. The lowest BCUT2D eigenvalue weighted by Crippen LogP contribution is -2.61. The summed E-state index contributed by atoms with van der Waals surface area (Å²) in [5.41, 5.74) is 3.65. The molecule has 6 aliphatic rings. The van der Waals surface area contributed by atoms with Crippen molar-refractivity contribution in [2.24, 2.45) is 63.1 Å². The summed E-state index contributed by atoms with van der Waals surface area (Å²) in [5.74, 6) is 4.43. The fraction of sp³-hybridized carbons (Fsp3) is 0.784. The lowest BCUT2D eigenvalue weighted by molar-refractivity contribution is -0.194. The second-order valence-electron chi connectivity index (χ2n) is 19.9. The zero-order valence-corrected chi connectivity index (χ0v) is 38.3. The second-order valence-corrected chi connectivity index (χ2v) is 19.9. The van der Waals surface area contributed by atoms with Crippen LogP contribution in [0, 0.1) is 63.1 Å². The maximum Gasteiger partial charge on any atom is 0.306 e. The number of carboxylic acids is 1. The van der Waals surface area contributed by atoms with E-state index in [2.05, 4.69) is 51.8 Å². The number of hydrogen-bond donors (Lipinski definition) is 3. The number of amides is 1. The molecule has 6 saturated carbocycles. The Balaban J connectivity index is 0.000000245. The van der Waals surface area contributed by atoms with E-state index in [1.165, 1.54) is 88.9 Å². The van der Waals surface area contributed by atoms with Crippen LogP contribution in [0.25, 0.3) is 0 Å². The molecule has 0 aromatic heterocycles. The standard InChI is InChI=1S/C26H42O.C12H18N2O.C8H14O2.C3H6.C2H6/c1-23(2)12-6-13-25(4)21(23)11-15-24(3)19-10-16-26(17-27)14-5-7-20(26)18(19)8-9-22(24)25;1-3-14-12(15)11-6-4-5-10(9-11)7-8-13-2;1-6-2-4-7(5-3-6)8(9)10;1-3-2;1-2/h17-22H,5-16H2,1-4H3;4-6,9,13H,3,7-8H2,1-2H3,(H,14,15);6-7H,2-5H2,1H3,(H,9,10);3H,1H2,2H3;1-2H3. The van der Waals surface area contributed by atoms with E-state index in [0.717, 1.165) is 79.7 Å². The largest absolute Gasteiger partial charge is 0.481 e. The lowest BCUT2D eigenvalue weighted by Gasteiger charge is -2.68. The SMILES string of the molecule is C=CC.CC.CC1(C)CCCC2(C)C1CCC1(C)C3CCC4(C=O)CCCC4C3CCC12.CC1CCC(C(=O)O)CC1.CCNC(=O)c1cccc(CCNC)c1. The predicted molar refractivity (Wildman–Crippen MR) is 239 cm³/mol. The van der Waals surface area contributed by atoms with E-state index in [9.17, 15) is 14.4 Å². The van der Waals surface area contributed by atoms with E-state index < -0.39 is 5.97 Å². The number of likely N-dealkylation sites (N-methyl/N-ethyl adjacent to an activating group) is 1. The van der Waals surface area contributed by atoms with Gasteiger partial charge in [0.05, 0.1) is 5.92 Å². The Kier molecular flexibility index (Phi) is 19.1. The van der Waals surface area contributed by atoms with E-state index >= 15 is 0 Å². The highest BCUT2D eigenvalue weighted by atomic mass is 16.4. The Morgan fingerprint density at radius 3 is 2.14 bits per heavy atom. The summed E-state index contributed by atoms with van der Waals surface area (Å²) >= 11 is 0. The zero-order chi connectivity index (χ0) is 42.4. The van der Waals surface area contributed by atoms with Gasteiger partial charge in [0.15, 0.2) is 0 Å². The van der Waals surface area contributed by atoms with Crippen LogP contribution in [0.3, 0.4) is 0 Å². The molecular weight excluding hydrogens is 705 g/mol. The van der Waals surface area contributed by atoms with Crippen LogP contribution in [0.2, 0.25) is 0 Å². The molecule has 0 aliphatic heterocycles. The van der Waals surface area contributed by atoms with Crippen molar-refractivity contribution in [2.45, 2.75) is 171 Å². The number of benzene rings is 1. The van der Waals surface area contributed by atoms with Crippen molar-refractivity contribution in [1.29, 1.82) is 0 Å². The molecule has 0 saturated heterocycles. The van der Waals surface area contributed by atoms with Crippen LogP contribution < -0.4 is 10.6 Å². The molecule has 0 spiro atoms. The highest BCUT2D eigenvalue weighted by Crippen LogP contribution is 2.72. The molecule has 0 heterocycles. The van der Waals surface area contributed by atoms with Crippen LogP contribution in [0.1, 0.15) is 181 Å². The highest BCUT2D eigenvalue weighted by molar-refractivity contribution is 5.94. The third kappa shape index (κ3) is 11.4. The monoisotopic (exact) mass is 791 g/mol. The number of hydrogen-bond acceptors (Lipinski definition) is 4. The summed E-state index contributed by atoms with van der Waals surface area (Å²) < 4.78 is 0. The third-order valence-corrected chi connectivity index (χ3v) is 16.1. The lowest BCUT2D eigenvalue weighted by atomic mass is 9.36. The van der Waals surface area contributed by atoms with Crippen molar-refractivity contribution in [3.63, 3.8) is 0 Å². The molecule has 6 heteroatoms. The summed E-state index contributed by atoms with van der Waals surface area (Å²) in [5, 5.41) is 14.5. The summed E-state index contributed by atoms with van der Waals surface area (Å²) in [4.78, 5) is 34.1.